The molecule has 0 fully saturated rings. The van der Waals surface area contributed by atoms with Gasteiger partial charge < -0.3 is 14.6 Å². The van der Waals surface area contributed by atoms with E-state index in [0.717, 1.165) is 4.90 Å². The van der Waals surface area contributed by atoms with Crippen LogP contribution in [0.25, 0.3) is 0 Å². The van der Waals surface area contributed by atoms with Crippen LogP contribution in [0, 0.1) is 0 Å². The molecule has 19 heavy (non-hydrogen) atoms. The number of furan rings is 1. The molecule has 6 nitrogen and oxygen atoms in total. The zero-order valence-electron chi connectivity index (χ0n) is 9.57. The molecule has 0 amide bonds. The Morgan fingerprint density at radius 3 is 2.63 bits per heavy atom. The second kappa shape index (κ2) is 5.57. The number of hydrogen-bond acceptors (Lipinski definition) is 5. The van der Waals surface area contributed by atoms with Gasteiger partial charge in [-0.3, -0.25) is 0 Å². The number of carboxylic acids is 2. The molecule has 0 radical (unpaired) electrons. The van der Waals surface area contributed by atoms with E-state index >= 15 is 0 Å². The maximum atomic E-state index is 10.8. The Morgan fingerprint density at radius 2 is 2.00 bits per heavy atom. The van der Waals surface area contributed by atoms with Gasteiger partial charge in [0, 0.05) is 11.1 Å². The molecule has 98 valence electrons. The summed E-state index contributed by atoms with van der Waals surface area (Å²) in [5.41, 5.74) is -0.0318. The number of thioether (sulfide) groups is 1. The molecule has 0 aliphatic rings. The Morgan fingerprint density at radius 1 is 1.21 bits per heavy atom. The molecule has 0 aliphatic carbocycles. The van der Waals surface area contributed by atoms with E-state index in [4.69, 9.17) is 14.6 Å². The third-order valence-electron chi connectivity index (χ3n) is 2.20. The quantitative estimate of drug-likeness (QED) is 0.810. The topological polar surface area (TPSA) is 101 Å². The summed E-state index contributed by atoms with van der Waals surface area (Å²) >= 11 is 1.34. The standard InChI is InChI=1S/C12H9NO5S/c14-11(15)9-5-8(3-4-13-9)19-6-7-1-2-10(18-7)12(16)17/h1-5H,6H2,(H,14,15)(H,16,17). The van der Waals surface area contributed by atoms with Gasteiger partial charge in [-0.1, -0.05) is 0 Å². The van der Waals surface area contributed by atoms with Crippen LogP contribution in [0.5, 0.6) is 0 Å². The Labute approximate surface area is 112 Å². The largest absolute Gasteiger partial charge is 0.477 e. The lowest BCUT2D eigenvalue weighted by Gasteiger charge is -2.00. The van der Waals surface area contributed by atoms with E-state index in [1.807, 2.05) is 0 Å². The molecule has 0 unspecified atom stereocenters. The first-order valence-electron chi connectivity index (χ1n) is 5.20. The predicted molar refractivity (Wildman–Crippen MR) is 66.4 cm³/mol. The van der Waals surface area contributed by atoms with Crippen molar-refractivity contribution in [3.8, 4) is 0 Å². The van der Waals surface area contributed by atoms with E-state index in [2.05, 4.69) is 4.98 Å². The summed E-state index contributed by atoms with van der Waals surface area (Å²) < 4.78 is 5.09. The fraction of sp³-hybridized carbons (Fsp3) is 0.0833. The maximum Gasteiger partial charge on any atom is 0.371 e. The number of nitrogens with zero attached hydrogens (tertiary/aromatic N) is 1. The lowest BCUT2D eigenvalue weighted by Crippen LogP contribution is -1.99. The molecule has 7 heteroatoms. The summed E-state index contributed by atoms with van der Waals surface area (Å²) in [6.07, 6.45) is 1.41. The number of carbonyl (C=O) groups is 2. The van der Waals surface area contributed by atoms with Crippen molar-refractivity contribution in [2.24, 2.45) is 0 Å². The molecular formula is C12H9NO5S. The SMILES string of the molecule is O=C(O)c1cc(SCc2ccc(C(=O)O)o2)ccn1. The molecular weight excluding hydrogens is 270 g/mol. The fourth-order valence-electron chi connectivity index (χ4n) is 1.34. The second-order valence-corrected chi connectivity index (χ2v) is 4.59. The van der Waals surface area contributed by atoms with Gasteiger partial charge in [-0.05, 0) is 24.3 Å². The lowest BCUT2D eigenvalue weighted by molar-refractivity contribution is 0.0657. The summed E-state index contributed by atoms with van der Waals surface area (Å²) in [5.74, 6) is -1.40. The Kier molecular flexibility index (Phi) is 3.86. The number of pyridine rings is 1. The van der Waals surface area contributed by atoms with Crippen LogP contribution < -0.4 is 0 Å². The van der Waals surface area contributed by atoms with Crippen LogP contribution in [-0.4, -0.2) is 27.1 Å². The number of aromatic carboxylic acids is 2. The average Bonchev–Trinajstić information content (AvgIpc) is 2.85. The van der Waals surface area contributed by atoms with E-state index < -0.39 is 11.9 Å². The lowest BCUT2D eigenvalue weighted by atomic mass is 10.3. The number of hydrogen-bond donors (Lipinski definition) is 2. The monoisotopic (exact) mass is 279 g/mol. The first-order valence-corrected chi connectivity index (χ1v) is 6.19. The molecule has 0 atom stereocenters. The number of carboxylic acid groups (broad SMARTS) is 2. The summed E-state index contributed by atoms with van der Waals surface area (Å²) in [6, 6.07) is 6.09. The molecule has 2 heterocycles. The van der Waals surface area contributed by atoms with Gasteiger partial charge in [0.15, 0.2) is 0 Å². The molecule has 2 aromatic heterocycles. The predicted octanol–water partition coefficient (Wildman–Crippen LogP) is 2.36. The number of rotatable bonds is 5. The minimum absolute atomic E-state index is 0.0318. The highest BCUT2D eigenvalue weighted by molar-refractivity contribution is 7.98. The third kappa shape index (κ3) is 3.35. The highest BCUT2D eigenvalue weighted by Crippen LogP contribution is 2.24. The van der Waals surface area contributed by atoms with Gasteiger partial charge in [0.05, 0.1) is 5.75 Å². The van der Waals surface area contributed by atoms with Crippen molar-refractivity contribution >= 4 is 23.7 Å². The molecule has 0 spiro atoms. The molecule has 0 saturated heterocycles. The zero-order valence-corrected chi connectivity index (χ0v) is 10.4. The van der Waals surface area contributed by atoms with Crippen molar-refractivity contribution in [2.75, 3.05) is 0 Å². The minimum atomic E-state index is -1.12. The number of aromatic nitrogens is 1. The van der Waals surface area contributed by atoms with Gasteiger partial charge >= 0.3 is 11.9 Å². The Balaban J connectivity index is 2.03. The molecule has 0 bridgehead atoms. The van der Waals surface area contributed by atoms with Crippen molar-refractivity contribution in [3.63, 3.8) is 0 Å². The second-order valence-electron chi connectivity index (χ2n) is 3.54. The highest BCUT2D eigenvalue weighted by atomic mass is 32.2. The highest BCUT2D eigenvalue weighted by Gasteiger charge is 2.10. The molecule has 2 rings (SSSR count). The van der Waals surface area contributed by atoms with Gasteiger partial charge in [0.2, 0.25) is 5.76 Å². The van der Waals surface area contributed by atoms with Gasteiger partial charge in [-0.25, -0.2) is 14.6 Å². The summed E-state index contributed by atoms with van der Waals surface area (Å²) in [6.45, 7) is 0. The van der Waals surface area contributed by atoms with Crippen LogP contribution in [0.2, 0.25) is 0 Å². The van der Waals surface area contributed by atoms with Crippen LogP contribution in [0.4, 0.5) is 0 Å². The molecule has 2 N–H and O–H groups in total. The summed E-state index contributed by atoms with van der Waals surface area (Å²) in [7, 11) is 0. The average molecular weight is 279 g/mol. The molecule has 0 saturated carbocycles. The normalized spacial score (nSPS) is 10.3. The smallest absolute Gasteiger partial charge is 0.371 e. The Hall–Kier alpha value is -2.28. The van der Waals surface area contributed by atoms with Crippen molar-refractivity contribution in [1.29, 1.82) is 0 Å². The first-order chi connectivity index (χ1) is 9.06. The van der Waals surface area contributed by atoms with E-state index in [1.54, 1.807) is 12.1 Å². The maximum absolute atomic E-state index is 10.8. The van der Waals surface area contributed by atoms with Crippen LogP contribution in [0.3, 0.4) is 0 Å². The van der Waals surface area contributed by atoms with Crippen LogP contribution in [-0.2, 0) is 5.75 Å². The van der Waals surface area contributed by atoms with Crippen LogP contribution in [0.15, 0.2) is 39.8 Å². The van der Waals surface area contributed by atoms with E-state index in [1.165, 1.54) is 30.1 Å². The van der Waals surface area contributed by atoms with Crippen LogP contribution >= 0.6 is 11.8 Å². The van der Waals surface area contributed by atoms with Crippen molar-refractivity contribution < 1.29 is 24.2 Å². The zero-order chi connectivity index (χ0) is 13.8. The molecule has 0 aliphatic heterocycles. The minimum Gasteiger partial charge on any atom is -0.477 e. The van der Waals surface area contributed by atoms with E-state index in [-0.39, 0.29) is 11.5 Å². The van der Waals surface area contributed by atoms with Crippen molar-refractivity contribution in [1.82, 2.24) is 4.98 Å². The van der Waals surface area contributed by atoms with Gasteiger partial charge in [0.25, 0.3) is 0 Å². The molecule has 2 aromatic rings. The van der Waals surface area contributed by atoms with Gasteiger partial charge in [-0.15, -0.1) is 11.8 Å². The Bertz CT molecular complexity index is 622. The fourth-order valence-corrected chi connectivity index (χ4v) is 2.16. The summed E-state index contributed by atoms with van der Waals surface area (Å²) in [4.78, 5) is 25.8. The first kappa shape index (κ1) is 13.2. The van der Waals surface area contributed by atoms with Crippen molar-refractivity contribution in [2.45, 2.75) is 10.6 Å². The summed E-state index contributed by atoms with van der Waals surface area (Å²) in [5, 5.41) is 17.5. The van der Waals surface area contributed by atoms with Crippen LogP contribution in [0.1, 0.15) is 26.8 Å². The third-order valence-corrected chi connectivity index (χ3v) is 3.22. The van der Waals surface area contributed by atoms with Gasteiger partial charge in [-0.2, -0.15) is 0 Å². The van der Waals surface area contributed by atoms with E-state index in [9.17, 15) is 9.59 Å². The van der Waals surface area contributed by atoms with E-state index in [0.29, 0.717) is 11.5 Å². The van der Waals surface area contributed by atoms with Crippen molar-refractivity contribution in [3.05, 3.63) is 47.7 Å². The van der Waals surface area contributed by atoms with Gasteiger partial charge in [0.1, 0.15) is 11.5 Å². The molecule has 0 aromatic carbocycles.